The molecule has 1 aliphatic rings. The third-order valence-electron chi connectivity index (χ3n) is 3.33. The van der Waals surface area contributed by atoms with Gasteiger partial charge in [0.05, 0.1) is 12.7 Å². The summed E-state index contributed by atoms with van der Waals surface area (Å²) in [7, 11) is 1.39. The number of hydrogen-bond donors (Lipinski definition) is 0. The average Bonchev–Trinajstić information content (AvgIpc) is 2.46. The van der Waals surface area contributed by atoms with E-state index in [1.165, 1.54) is 39.2 Å². The fourth-order valence-electron chi connectivity index (χ4n) is 2.24. The van der Waals surface area contributed by atoms with Crippen molar-refractivity contribution in [3.05, 3.63) is 35.4 Å². The lowest BCUT2D eigenvalue weighted by atomic mass is 9.89. The molecule has 0 bridgehead atoms. The summed E-state index contributed by atoms with van der Waals surface area (Å²) >= 11 is 0. The van der Waals surface area contributed by atoms with E-state index in [2.05, 4.69) is 16.6 Å². The van der Waals surface area contributed by atoms with Crippen molar-refractivity contribution in [3.63, 3.8) is 0 Å². The molecule has 94 valence electrons. The van der Waals surface area contributed by atoms with Crippen LogP contribution in [0.3, 0.4) is 0 Å². The van der Waals surface area contributed by atoms with Crippen molar-refractivity contribution in [2.75, 3.05) is 7.11 Å². The normalized spacial score (nSPS) is 15.6. The van der Waals surface area contributed by atoms with Crippen LogP contribution in [0.1, 0.15) is 48.0 Å². The molecule has 1 fully saturated rings. The lowest BCUT2D eigenvalue weighted by Crippen LogP contribution is -2.03. The van der Waals surface area contributed by atoms with E-state index in [1.807, 2.05) is 12.1 Å². The number of hydrogen-bond acceptors (Lipinski definition) is 2. The second-order valence-electron chi connectivity index (χ2n) is 4.67. The maximum atomic E-state index is 11.3. The number of rotatable bonds is 1. The highest BCUT2D eigenvalue weighted by Gasteiger charge is 2.09. The molecule has 0 aromatic heterocycles. The third-order valence-corrected chi connectivity index (χ3v) is 3.33. The number of carbonyl (C=O) groups excluding carboxylic acids is 1. The Morgan fingerprint density at radius 1 is 1.17 bits per heavy atom. The van der Waals surface area contributed by atoms with Gasteiger partial charge in [0, 0.05) is 11.5 Å². The minimum Gasteiger partial charge on any atom is -0.465 e. The molecule has 0 unspecified atom stereocenters. The molecule has 0 spiro atoms. The Bertz CT molecular complexity index is 456. The molecule has 0 aliphatic heterocycles. The highest BCUT2D eigenvalue weighted by Crippen LogP contribution is 2.22. The largest absolute Gasteiger partial charge is 0.465 e. The monoisotopic (exact) mass is 242 g/mol. The smallest absolute Gasteiger partial charge is 0.337 e. The van der Waals surface area contributed by atoms with Crippen molar-refractivity contribution >= 4 is 5.97 Å². The van der Waals surface area contributed by atoms with Gasteiger partial charge in [0.1, 0.15) is 0 Å². The fourth-order valence-corrected chi connectivity index (χ4v) is 2.24. The Balaban J connectivity index is 2.01. The Kier molecular flexibility index (Phi) is 4.41. The van der Waals surface area contributed by atoms with Crippen molar-refractivity contribution < 1.29 is 9.53 Å². The predicted molar refractivity (Wildman–Crippen MR) is 71.2 cm³/mol. The number of ether oxygens (including phenoxy) is 1. The maximum absolute atomic E-state index is 11.3. The zero-order valence-electron chi connectivity index (χ0n) is 10.7. The van der Waals surface area contributed by atoms with E-state index >= 15 is 0 Å². The van der Waals surface area contributed by atoms with Gasteiger partial charge in [0.2, 0.25) is 0 Å². The Hall–Kier alpha value is -1.75. The van der Waals surface area contributed by atoms with Gasteiger partial charge in [-0.25, -0.2) is 4.79 Å². The second kappa shape index (κ2) is 6.26. The van der Waals surface area contributed by atoms with Crippen LogP contribution in [0.5, 0.6) is 0 Å². The summed E-state index contributed by atoms with van der Waals surface area (Å²) in [4.78, 5) is 11.3. The van der Waals surface area contributed by atoms with Gasteiger partial charge in [-0.1, -0.05) is 31.1 Å². The maximum Gasteiger partial charge on any atom is 0.337 e. The van der Waals surface area contributed by atoms with Gasteiger partial charge in [-0.15, -0.1) is 0 Å². The molecule has 18 heavy (non-hydrogen) atoms. The lowest BCUT2D eigenvalue weighted by Gasteiger charge is -2.15. The summed E-state index contributed by atoms with van der Waals surface area (Å²) in [5, 5.41) is 0. The highest BCUT2D eigenvalue weighted by atomic mass is 16.5. The van der Waals surface area contributed by atoms with Crippen LogP contribution in [0, 0.1) is 17.8 Å². The van der Waals surface area contributed by atoms with Crippen molar-refractivity contribution in [2.24, 2.45) is 5.92 Å². The van der Waals surface area contributed by atoms with Crippen molar-refractivity contribution in [1.82, 2.24) is 0 Å². The molecule has 0 heterocycles. The van der Waals surface area contributed by atoms with Gasteiger partial charge in [-0.2, -0.15) is 0 Å². The minimum atomic E-state index is -0.304. The van der Waals surface area contributed by atoms with Crippen molar-refractivity contribution in [3.8, 4) is 11.8 Å². The van der Waals surface area contributed by atoms with E-state index < -0.39 is 0 Å². The predicted octanol–water partition coefficient (Wildman–Crippen LogP) is 3.41. The molecule has 1 aromatic carbocycles. The van der Waals surface area contributed by atoms with Gasteiger partial charge >= 0.3 is 5.97 Å². The summed E-state index contributed by atoms with van der Waals surface area (Å²) < 4.78 is 4.66. The van der Waals surface area contributed by atoms with Crippen molar-refractivity contribution in [2.45, 2.75) is 32.1 Å². The van der Waals surface area contributed by atoms with E-state index in [0.717, 1.165) is 5.56 Å². The molecule has 0 radical (unpaired) electrons. The van der Waals surface area contributed by atoms with E-state index in [1.54, 1.807) is 12.1 Å². The summed E-state index contributed by atoms with van der Waals surface area (Å²) in [6, 6.07) is 7.28. The van der Waals surface area contributed by atoms with Gasteiger partial charge in [0.15, 0.2) is 0 Å². The van der Waals surface area contributed by atoms with Crippen LogP contribution < -0.4 is 0 Å². The zero-order valence-corrected chi connectivity index (χ0v) is 10.7. The SMILES string of the molecule is COC(=O)c1ccc(C#CC2CCCCC2)cc1. The molecule has 2 rings (SSSR count). The number of carbonyl (C=O) groups is 1. The molecule has 2 nitrogen and oxygen atoms in total. The third kappa shape index (κ3) is 3.37. The van der Waals surface area contributed by atoms with Gasteiger partial charge in [0.25, 0.3) is 0 Å². The van der Waals surface area contributed by atoms with E-state index in [9.17, 15) is 4.79 Å². The van der Waals surface area contributed by atoms with Crippen LogP contribution in [-0.4, -0.2) is 13.1 Å². The summed E-state index contributed by atoms with van der Waals surface area (Å²) in [6.07, 6.45) is 6.42. The first-order valence-electron chi connectivity index (χ1n) is 6.49. The van der Waals surface area contributed by atoms with Crippen LogP contribution in [0.4, 0.5) is 0 Å². The topological polar surface area (TPSA) is 26.3 Å². The summed E-state index contributed by atoms with van der Waals surface area (Å²) in [6.45, 7) is 0. The zero-order chi connectivity index (χ0) is 12.8. The quantitative estimate of drug-likeness (QED) is 0.557. The van der Waals surface area contributed by atoms with Crippen LogP contribution in [0.2, 0.25) is 0 Å². The minimum absolute atomic E-state index is 0.304. The Labute approximate surface area is 108 Å². The first-order valence-corrected chi connectivity index (χ1v) is 6.49. The van der Waals surface area contributed by atoms with E-state index in [4.69, 9.17) is 0 Å². The number of esters is 1. The summed E-state index contributed by atoms with van der Waals surface area (Å²) in [5.41, 5.74) is 1.54. The fraction of sp³-hybridized carbons (Fsp3) is 0.438. The lowest BCUT2D eigenvalue weighted by molar-refractivity contribution is 0.0601. The molecular weight excluding hydrogens is 224 g/mol. The molecule has 0 amide bonds. The van der Waals surface area contributed by atoms with Gasteiger partial charge in [-0.3, -0.25) is 0 Å². The molecule has 1 aliphatic carbocycles. The number of methoxy groups -OCH3 is 1. The Morgan fingerprint density at radius 3 is 2.44 bits per heavy atom. The molecule has 2 heteroatoms. The molecule has 0 N–H and O–H groups in total. The molecule has 0 saturated heterocycles. The molecule has 1 saturated carbocycles. The van der Waals surface area contributed by atoms with Crippen LogP contribution in [-0.2, 0) is 4.74 Å². The highest BCUT2D eigenvalue weighted by molar-refractivity contribution is 5.89. The van der Waals surface area contributed by atoms with E-state index in [0.29, 0.717) is 11.5 Å². The van der Waals surface area contributed by atoms with Crippen molar-refractivity contribution in [1.29, 1.82) is 0 Å². The molecule has 1 aromatic rings. The van der Waals surface area contributed by atoms with Gasteiger partial charge in [-0.05, 0) is 37.1 Å². The summed E-state index contributed by atoms with van der Waals surface area (Å²) in [5.74, 6) is 6.78. The second-order valence-corrected chi connectivity index (χ2v) is 4.67. The molecule has 0 atom stereocenters. The number of benzene rings is 1. The van der Waals surface area contributed by atoms with Crippen LogP contribution in [0.25, 0.3) is 0 Å². The molecular formula is C16H18O2. The first-order chi connectivity index (χ1) is 8.79. The van der Waals surface area contributed by atoms with Crippen LogP contribution in [0.15, 0.2) is 24.3 Å². The average molecular weight is 242 g/mol. The van der Waals surface area contributed by atoms with Crippen LogP contribution >= 0.6 is 0 Å². The standard InChI is InChI=1S/C16H18O2/c1-18-16(17)15-11-9-14(10-12-15)8-7-13-5-3-2-4-6-13/h9-13H,2-6H2,1H3. The van der Waals surface area contributed by atoms with E-state index in [-0.39, 0.29) is 5.97 Å². The first kappa shape index (κ1) is 12.7. The Morgan fingerprint density at radius 2 is 1.83 bits per heavy atom. The van der Waals surface area contributed by atoms with Gasteiger partial charge < -0.3 is 4.74 Å².